The van der Waals surface area contributed by atoms with Crippen LogP contribution in [0.3, 0.4) is 0 Å². The lowest BCUT2D eigenvalue weighted by molar-refractivity contribution is -0.117. The Balaban J connectivity index is -0.000000161. The topological polar surface area (TPSA) is 46.2 Å². The molecule has 4 aliphatic rings. The Bertz CT molecular complexity index is 427. The summed E-state index contributed by atoms with van der Waals surface area (Å²) < 4.78 is 0. The normalized spacial score (nSPS) is 31.5. The van der Waals surface area contributed by atoms with Crippen LogP contribution in [0.25, 0.3) is 0 Å². The van der Waals surface area contributed by atoms with E-state index in [1.54, 1.807) is 13.8 Å². The summed E-state index contributed by atoms with van der Waals surface area (Å²) in [7, 11) is 8.22. The highest BCUT2D eigenvalue weighted by Gasteiger charge is 2.34. The molecule has 0 amide bonds. The molecule has 6 nitrogen and oxygen atoms in total. The second-order valence-electron chi connectivity index (χ2n) is 8.14. The van der Waals surface area contributed by atoms with Crippen LogP contribution >= 0.6 is 0 Å². The zero-order chi connectivity index (χ0) is 28.0. The Hall–Kier alpha value is -0.820. The Morgan fingerprint density at radius 1 is 0.529 bits per heavy atom. The number of likely N-dealkylation sites (N-methyl/N-ethyl adjacent to an activating group) is 4. The second kappa shape index (κ2) is 25.3. The molecular weight excluding hydrogens is 424 g/mol. The molecule has 0 saturated carbocycles. The Morgan fingerprint density at radius 2 is 0.706 bits per heavy atom. The number of ketones is 2. The standard InChI is InChI=1S/2C5H9NO.2C5H11N.4C2H6/c2*1-4(7)5-3-6(5)2;2*1-3-5-4-6(5)2;4*1-2/h2*5H,3H2,1-2H3;2*5H,3-4H2,1-2H3;4*1-2H3. The number of nitrogens with zero attached hydrogens (tertiary/aromatic N) is 4. The third-order valence-electron chi connectivity index (χ3n) is 5.58. The molecule has 4 fully saturated rings. The maximum atomic E-state index is 10.4. The zero-order valence-electron chi connectivity index (χ0n) is 26.2. The molecule has 0 spiro atoms. The third-order valence-corrected chi connectivity index (χ3v) is 5.58. The average Bonchev–Trinajstić information content (AvgIpc) is 3.67. The van der Waals surface area contributed by atoms with Gasteiger partial charge < -0.3 is 9.80 Å². The van der Waals surface area contributed by atoms with Gasteiger partial charge in [-0.3, -0.25) is 19.4 Å². The van der Waals surface area contributed by atoms with Crippen LogP contribution in [0.15, 0.2) is 0 Å². The summed E-state index contributed by atoms with van der Waals surface area (Å²) in [5.41, 5.74) is 0. The van der Waals surface area contributed by atoms with E-state index in [1.807, 2.05) is 79.3 Å². The lowest BCUT2D eigenvalue weighted by Gasteiger charge is -1.83. The van der Waals surface area contributed by atoms with E-state index < -0.39 is 0 Å². The largest absolute Gasteiger partial charge is 0.301 e. The predicted molar refractivity (Wildman–Crippen MR) is 153 cm³/mol. The Labute approximate surface area is 215 Å². The Kier molecular flexibility index (Phi) is 30.0. The molecule has 0 aromatic carbocycles. The van der Waals surface area contributed by atoms with Gasteiger partial charge in [-0.15, -0.1) is 0 Å². The summed E-state index contributed by atoms with van der Waals surface area (Å²) in [6, 6.07) is 2.40. The summed E-state index contributed by atoms with van der Waals surface area (Å²) in [6.45, 7) is 28.3. The first-order valence-electron chi connectivity index (χ1n) is 13.9. The number of rotatable bonds is 4. The lowest BCUT2D eigenvalue weighted by Crippen LogP contribution is -2.04. The maximum Gasteiger partial charge on any atom is 0.148 e. The van der Waals surface area contributed by atoms with Crippen LogP contribution in [-0.4, -0.2) is 110 Å². The van der Waals surface area contributed by atoms with Crippen molar-refractivity contribution in [3.05, 3.63) is 0 Å². The van der Waals surface area contributed by atoms with Gasteiger partial charge in [0.2, 0.25) is 0 Å². The summed E-state index contributed by atoms with van der Waals surface area (Å²) in [6.07, 6.45) is 2.66. The first-order valence-corrected chi connectivity index (χ1v) is 13.9. The molecule has 0 bridgehead atoms. The lowest BCUT2D eigenvalue weighted by atomic mass is 10.3. The van der Waals surface area contributed by atoms with E-state index in [9.17, 15) is 9.59 Å². The van der Waals surface area contributed by atoms with Crippen molar-refractivity contribution in [2.24, 2.45) is 0 Å². The van der Waals surface area contributed by atoms with E-state index in [-0.39, 0.29) is 12.1 Å². The van der Waals surface area contributed by atoms with Gasteiger partial charge in [0.25, 0.3) is 0 Å². The van der Waals surface area contributed by atoms with Crippen LogP contribution in [0.2, 0.25) is 0 Å². The molecular formula is C28H64N4O2. The molecule has 208 valence electrons. The van der Waals surface area contributed by atoms with Gasteiger partial charge in [0.1, 0.15) is 11.6 Å². The molecule has 0 N–H and O–H groups in total. The second-order valence-corrected chi connectivity index (χ2v) is 8.14. The summed E-state index contributed by atoms with van der Waals surface area (Å²) in [5, 5.41) is 0. The molecule has 0 radical (unpaired) electrons. The molecule has 0 aromatic rings. The zero-order valence-corrected chi connectivity index (χ0v) is 26.2. The molecule has 4 saturated heterocycles. The van der Waals surface area contributed by atoms with Crippen LogP contribution < -0.4 is 0 Å². The van der Waals surface area contributed by atoms with Gasteiger partial charge in [0.15, 0.2) is 0 Å². The minimum Gasteiger partial charge on any atom is -0.301 e. The molecule has 4 heterocycles. The maximum absolute atomic E-state index is 10.4. The molecule has 8 unspecified atom stereocenters. The van der Waals surface area contributed by atoms with Crippen molar-refractivity contribution in [2.75, 3.05) is 54.4 Å². The van der Waals surface area contributed by atoms with Gasteiger partial charge in [-0.25, -0.2) is 0 Å². The Morgan fingerprint density at radius 3 is 0.706 bits per heavy atom. The first-order chi connectivity index (χ1) is 16.1. The predicted octanol–water partition coefficient (Wildman–Crippen LogP) is 5.30. The summed E-state index contributed by atoms with van der Waals surface area (Å²) in [5.74, 6) is 0.588. The van der Waals surface area contributed by atoms with Crippen LogP contribution in [0.1, 0.15) is 95.9 Å². The number of carbonyl (C=O) groups excluding carboxylic acids is 2. The molecule has 4 rings (SSSR count). The number of Topliss-reactive ketones (excluding diaryl/α,β-unsaturated/α-hetero) is 2. The SMILES string of the molecule is CC.CC.CC.CC.CC(=O)C1CN1C.CC(=O)C1CN1C.CCC1CN1C.CCC1CN1C. The number of carbonyl (C=O) groups is 2. The smallest absolute Gasteiger partial charge is 0.148 e. The van der Waals surface area contributed by atoms with Gasteiger partial charge in [-0.2, -0.15) is 0 Å². The van der Waals surface area contributed by atoms with Crippen molar-refractivity contribution in [1.82, 2.24) is 19.6 Å². The van der Waals surface area contributed by atoms with Crippen molar-refractivity contribution >= 4 is 11.6 Å². The van der Waals surface area contributed by atoms with Crippen molar-refractivity contribution in [2.45, 2.75) is 120 Å². The fourth-order valence-corrected chi connectivity index (χ4v) is 2.78. The fourth-order valence-electron chi connectivity index (χ4n) is 2.78. The fraction of sp³-hybridized carbons (Fsp3) is 0.929. The van der Waals surface area contributed by atoms with Crippen molar-refractivity contribution < 1.29 is 9.59 Å². The highest BCUT2D eigenvalue weighted by atomic mass is 16.1. The molecule has 6 heteroatoms. The summed E-state index contributed by atoms with van der Waals surface area (Å²) >= 11 is 0. The van der Waals surface area contributed by atoms with E-state index in [2.05, 4.69) is 37.7 Å². The van der Waals surface area contributed by atoms with Gasteiger partial charge in [-0.1, -0.05) is 69.2 Å². The quantitative estimate of drug-likeness (QED) is 0.500. The number of hydrogen-bond donors (Lipinski definition) is 0. The van der Waals surface area contributed by atoms with Gasteiger partial charge in [0.05, 0.1) is 12.1 Å². The minimum absolute atomic E-state index is 0.264. The first kappa shape index (κ1) is 40.4. The van der Waals surface area contributed by atoms with Gasteiger partial charge in [0, 0.05) is 38.3 Å². The van der Waals surface area contributed by atoms with Crippen LogP contribution in [0, 0.1) is 0 Å². The minimum atomic E-state index is 0.264. The molecule has 34 heavy (non-hydrogen) atoms. The molecule has 8 atom stereocenters. The highest BCUT2D eigenvalue weighted by molar-refractivity contribution is 5.84. The number of hydrogen-bond acceptors (Lipinski definition) is 6. The highest BCUT2D eigenvalue weighted by Crippen LogP contribution is 2.16. The van der Waals surface area contributed by atoms with Crippen molar-refractivity contribution in [3.8, 4) is 0 Å². The monoisotopic (exact) mass is 489 g/mol. The van der Waals surface area contributed by atoms with Gasteiger partial charge in [-0.05, 0) is 54.9 Å². The van der Waals surface area contributed by atoms with Gasteiger partial charge >= 0.3 is 0 Å². The third kappa shape index (κ3) is 22.9. The summed E-state index contributed by atoms with van der Waals surface area (Å²) in [4.78, 5) is 29.5. The molecule has 0 aromatic heterocycles. The van der Waals surface area contributed by atoms with E-state index in [0.29, 0.717) is 11.6 Å². The van der Waals surface area contributed by atoms with Crippen LogP contribution in [0.5, 0.6) is 0 Å². The van der Waals surface area contributed by atoms with E-state index in [1.165, 1.54) is 25.9 Å². The average molecular weight is 489 g/mol. The van der Waals surface area contributed by atoms with E-state index in [4.69, 9.17) is 0 Å². The molecule has 0 aliphatic carbocycles. The van der Waals surface area contributed by atoms with Crippen LogP contribution in [-0.2, 0) is 9.59 Å². The van der Waals surface area contributed by atoms with E-state index >= 15 is 0 Å². The van der Waals surface area contributed by atoms with E-state index in [0.717, 1.165) is 25.2 Å². The van der Waals surface area contributed by atoms with Crippen molar-refractivity contribution in [3.63, 3.8) is 0 Å². The van der Waals surface area contributed by atoms with Crippen LogP contribution in [0.4, 0.5) is 0 Å². The van der Waals surface area contributed by atoms with Crippen molar-refractivity contribution in [1.29, 1.82) is 0 Å². The molecule has 4 aliphatic heterocycles.